The molecule has 4 aromatic rings. The van der Waals surface area contributed by atoms with Crippen LogP contribution in [0.1, 0.15) is 48.2 Å². The molecular formula is C26H28N4O. The Hall–Kier alpha value is -3.47. The van der Waals surface area contributed by atoms with Crippen molar-refractivity contribution in [1.29, 1.82) is 0 Å². The van der Waals surface area contributed by atoms with E-state index >= 15 is 0 Å². The van der Waals surface area contributed by atoms with E-state index in [0.717, 1.165) is 16.9 Å². The molecule has 5 nitrogen and oxygen atoms in total. The van der Waals surface area contributed by atoms with Crippen LogP contribution in [0.3, 0.4) is 0 Å². The Morgan fingerprint density at radius 2 is 1.68 bits per heavy atom. The van der Waals surface area contributed by atoms with E-state index < -0.39 is 0 Å². The predicted octanol–water partition coefficient (Wildman–Crippen LogP) is 5.05. The van der Waals surface area contributed by atoms with Crippen molar-refractivity contribution in [1.82, 2.24) is 19.4 Å². The number of aromatic nitrogens is 3. The van der Waals surface area contributed by atoms with Crippen molar-refractivity contribution in [3.05, 3.63) is 95.6 Å². The summed E-state index contributed by atoms with van der Waals surface area (Å²) in [6.45, 7) is 7.77. The second kappa shape index (κ2) is 8.34. The number of hydrogen-bond donors (Lipinski definition) is 0. The van der Waals surface area contributed by atoms with Crippen LogP contribution in [-0.2, 0) is 18.5 Å². The van der Waals surface area contributed by atoms with Crippen molar-refractivity contribution in [2.75, 3.05) is 7.05 Å². The van der Waals surface area contributed by atoms with Crippen LogP contribution < -0.4 is 0 Å². The highest BCUT2D eigenvalue weighted by molar-refractivity contribution is 5.92. The van der Waals surface area contributed by atoms with Gasteiger partial charge in [-0.15, -0.1) is 0 Å². The minimum absolute atomic E-state index is 0.117. The second-order valence-electron chi connectivity index (χ2n) is 8.93. The smallest absolute Gasteiger partial charge is 0.272 e. The van der Waals surface area contributed by atoms with Crippen LogP contribution in [0.4, 0.5) is 0 Å². The maximum absolute atomic E-state index is 12.8. The Morgan fingerprint density at radius 3 is 2.35 bits per heavy atom. The molecule has 2 aromatic heterocycles. The lowest BCUT2D eigenvalue weighted by Gasteiger charge is -2.20. The van der Waals surface area contributed by atoms with Gasteiger partial charge in [0.25, 0.3) is 5.91 Å². The fourth-order valence-corrected chi connectivity index (χ4v) is 3.68. The SMILES string of the molecule is CN(Cc1nc2ccccc2n1Cc1ccc(C(C)(C)C)cc1)C(=O)c1ccccn1. The van der Waals surface area contributed by atoms with Crippen LogP contribution in [0.15, 0.2) is 72.9 Å². The molecule has 0 fully saturated rings. The van der Waals surface area contributed by atoms with Gasteiger partial charge in [-0.25, -0.2) is 4.98 Å². The zero-order chi connectivity index (χ0) is 22.0. The Morgan fingerprint density at radius 1 is 0.968 bits per heavy atom. The number of imidazole rings is 1. The largest absolute Gasteiger partial charge is 0.333 e. The number of para-hydroxylation sites is 2. The van der Waals surface area contributed by atoms with Crippen molar-refractivity contribution in [2.45, 2.75) is 39.3 Å². The van der Waals surface area contributed by atoms with Crippen LogP contribution in [0.25, 0.3) is 11.0 Å². The highest BCUT2D eigenvalue weighted by Crippen LogP contribution is 2.24. The van der Waals surface area contributed by atoms with Gasteiger partial charge in [-0.1, -0.05) is 63.2 Å². The molecule has 0 unspecified atom stereocenters. The molecule has 0 saturated heterocycles. The van der Waals surface area contributed by atoms with E-state index in [1.165, 1.54) is 11.1 Å². The highest BCUT2D eigenvalue weighted by atomic mass is 16.2. The molecule has 0 aliphatic rings. The maximum atomic E-state index is 12.8. The lowest BCUT2D eigenvalue weighted by atomic mass is 9.87. The molecule has 0 spiro atoms. The molecule has 5 heteroatoms. The van der Waals surface area contributed by atoms with Crippen molar-refractivity contribution in [3.63, 3.8) is 0 Å². The zero-order valence-electron chi connectivity index (χ0n) is 18.5. The Kier molecular flexibility index (Phi) is 5.59. The van der Waals surface area contributed by atoms with E-state index in [9.17, 15) is 4.79 Å². The van der Waals surface area contributed by atoms with Crippen molar-refractivity contribution < 1.29 is 4.79 Å². The van der Waals surface area contributed by atoms with Gasteiger partial charge in [0.2, 0.25) is 0 Å². The van der Waals surface area contributed by atoms with Gasteiger partial charge >= 0.3 is 0 Å². The van der Waals surface area contributed by atoms with Crippen molar-refractivity contribution >= 4 is 16.9 Å². The summed E-state index contributed by atoms with van der Waals surface area (Å²) in [4.78, 5) is 23.5. The number of carbonyl (C=O) groups is 1. The molecule has 1 amide bonds. The van der Waals surface area contributed by atoms with Gasteiger partial charge in [0.05, 0.1) is 17.6 Å². The first-order chi connectivity index (χ1) is 14.8. The summed E-state index contributed by atoms with van der Waals surface area (Å²) < 4.78 is 2.20. The summed E-state index contributed by atoms with van der Waals surface area (Å²) in [7, 11) is 1.79. The van der Waals surface area contributed by atoms with E-state index in [1.54, 1.807) is 30.3 Å². The number of benzene rings is 2. The fraction of sp³-hybridized carbons (Fsp3) is 0.269. The third-order valence-electron chi connectivity index (χ3n) is 5.50. The molecule has 2 heterocycles. The third-order valence-corrected chi connectivity index (χ3v) is 5.50. The zero-order valence-corrected chi connectivity index (χ0v) is 18.5. The van der Waals surface area contributed by atoms with Gasteiger partial charge < -0.3 is 9.47 Å². The van der Waals surface area contributed by atoms with Gasteiger partial charge in [0, 0.05) is 19.8 Å². The normalized spacial score (nSPS) is 11.6. The van der Waals surface area contributed by atoms with E-state index in [1.807, 2.05) is 24.3 Å². The molecule has 0 N–H and O–H groups in total. The molecule has 0 aliphatic carbocycles. The van der Waals surface area contributed by atoms with Gasteiger partial charge in [-0.2, -0.15) is 0 Å². The van der Waals surface area contributed by atoms with Crippen LogP contribution in [0.5, 0.6) is 0 Å². The number of fused-ring (bicyclic) bond motifs is 1. The molecule has 0 saturated carbocycles. The predicted molar refractivity (Wildman–Crippen MR) is 124 cm³/mol. The minimum Gasteiger partial charge on any atom is -0.333 e. The first kappa shape index (κ1) is 20.8. The number of hydrogen-bond acceptors (Lipinski definition) is 3. The quantitative estimate of drug-likeness (QED) is 0.461. The second-order valence-corrected chi connectivity index (χ2v) is 8.93. The van der Waals surface area contributed by atoms with E-state index in [0.29, 0.717) is 18.8 Å². The maximum Gasteiger partial charge on any atom is 0.272 e. The third kappa shape index (κ3) is 4.50. The van der Waals surface area contributed by atoms with Gasteiger partial charge in [-0.05, 0) is 40.8 Å². The van der Waals surface area contributed by atoms with Gasteiger partial charge in [0.1, 0.15) is 11.5 Å². The summed E-state index contributed by atoms with van der Waals surface area (Å²) in [6, 6.07) is 22.2. The first-order valence-electron chi connectivity index (χ1n) is 10.5. The molecule has 4 rings (SSSR count). The average molecular weight is 413 g/mol. The lowest BCUT2D eigenvalue weighted by molar-refractivity contribution is 0.0774. The van der Waals surface area contributed by atoms with E-state index in [2.05, 4.69) is 60.7 Å². The van der Waals surface area contributed by atoms with Crippen LogP contribution >= 0.6 is 0 Å². The minimum atomic E-state index is -0.117. The molecular weight excluding hydrogens is 384 g/mol. The molecule has 2 aromatic carbocycles. The van der Waals surface area contributed by atoms with Crippen LogP contribution in [-0.4, -0.2) is 32.4 Å². The number of nitrogens with zero attached hydrogens (tertiary/aromatic N) is 4. The molecule has 158 valence electrons. The number of pyridine rings is 1. The van der Waals surface area contributed by atoms with Crippen molar-refractivity contribution in [3.8, 4) is 0 Å². The summed E-state index contributed by atoms with van der Waals surface area (Å²) in [6.07, 6.45) is 1.64. The van der Waals surface area contributed by atoms with Crippen LogP contribution in [0, 0.1) is 0 Å². The number of rotatable bonds is 5. The topological polar surface area (TPSA) is 51.0 Å². The van der Waals surface area contributed by atoms with Crippen LogP contribution in [0.2, 0.25) is 0 Å². The molecule has 0 bridgehead atoms. The lowest BCUT2D eigenvalue weighted by Crippen LogP contribution is -2.28. The highest BCUT2D eigenvalue weighted by Gasteiger charge is 2.18. The summed E-state index contributed by atoms with van der Waals surface area (Å²) in [5.41, 5.74) is 5.08. The Balaban J connectivity index is 1.64. The van der Waals surface area contributed by atoms with Crippen molar-refractivity contribution in [2.24, 2.45) is 0 Å². The summed E-state index contributed by atoms with van der Waals surface area (Å²) in [5.74, 6) is 0.738. The van der Waals surface area contributed by atoms with Gasteiger partial charge in [-0.3, -0.25) is 9.78 Å². The summed E-state index contributed by atoms with van der Waals surface area (Å²) in [5, 5.41) is 0. The van der Waals surface area contributed by atoms with E-state index in [-0.39, 0.29) is 11.3 Å². The first-order valence-corrected chi connectivity index (χ1v) is 10.5. The average Bonchev–Trinajstić information content (AvgIpc) is 3.10. The summed E-state index contributed by atoms with van der Waals surface area (Å²) >= 11 is 0. The molecule has 31 heavy (non-hydrogen) atoms. The Bertz CT molecular complexity index is 1190. The molecule has 0 aliphatic heterocycles. The standard InChI is InChI=1S/C26H28N4O/c1-26(2,3)20-14-12-19(13-15-20)17-30-23-11-6-5-9-21(23)28-24(30)18-29(4)25(31)22-10-7-8-16-27-22/h5-16H,17-18H2,1-4H3. The Labute approximate surface area is 183 Å². The van der Waals surface area contributed by atoms with E-state index in [4.69, 9.17) is 4.98 Å². The van der Waals surface area contributed by atoms with Gasteiger partial charge in [0.15, 0.2) is 0 Å². The molecule has 0 radical (unpaired) electrons. The number of amides is 1. The molecule has 0 atom stereocenters. The number of carbonyl (C=O) groups excluding carboxylic acids is 1. The monoisotopic (exact) mass is 412 g/mol. The fourth-order valence-electron chi connectivity index (χ4n) is 3.68.